The molecule has 15 heavy (non-hydrogen) atoms. The van der Waals surface area contributed by atoms with Crippen molar-refractivity contribution in [2.75, 3.05) is 0 Å². The zero-order valence-corrected chi connectivity index (χ0v) is 9.45. The van der Waals surface area contributed by atoms with Gasteiger partial charge in [0.25, 0.3) is 0 Å². The average Bonchev–Trinajstić information content (AvgIpc) is 3.13. The summed E-state index contributed by atoms with van der Waals surface area (Å²) in [7, 11) is 0. The maximum atomic E-state index is 12.2. The Kier molecular flexibility index (Phi) is 2.45. The molecule has 0 radical (unpaired) electrons. The van der Waals surface area contributed by atoms with Crippen molar-refractivity contribution in [1.82, 2.24) is 4.90 Å². The molecule has 3 aliphatic carbocycles. The quantitative estimate of drug-likeness (QED) is 0.697. The Hall–Kier alpha value is -0.530. The van der Waals surface area contributed by atoms with E-state index in [2.05, 4.69) is 4.90 Å². The Morgan fingerprint density at radius 1 is 0.800 bits per heavy atom. The van der Waals surface area contributed by atoms with Crippen molar-refractivity contribution in [2.24, 2.45) is 5.92 Å². The first-order chi connectivity index (χ1) is 7.36. The first-order valence-corrected chi connectivity index (χ1v) is 6.68. The van der Waals surface area contributed by atoms with E-state index >= 15 is 0 Å². The molecule has 0 aromatic rings. The molecule has 2 nitrogen and oxygen atoms in total. The van der Waals surface area contributed by atoms with E-state index in [0.29, 0.717) is 23.9 Å². The highest BCUT2D eigenvalue weighted by Gasteiger charge is 2.43. The number of amides is 1. The molecule has 2 heteroatoms. The molecule has 0 heterocycles. The van der Waals surface area contributed by atoms with Crippen LogP contribution in [-0.2, 0) is 4.79 Å². The second-order valence-electron chi connectivity index (χ2n) is 5.54. The Balaban J connectivity index is 1.68. The van der Waals surface area contributed by atoms with Crippen LogP contribution in [0.4, 0.5) is 0 Å². The van der Waals surface area contributed by atoms with Crippen molar-refractivity contribution < 1.29 is 4.79 Å². The van der Waals surface area contributed by atoms with Crippen LogP contribution in [-0.4, -0.2) is 22.9 Å². The normalized spacial score (nSPS) is 27.7. The van der Waals surface area contributed by atoms with E-state index in [1.165, 1.54) is 44.9 Å². The molecule has 0 bridgehead atoms. The van der Waals surface area contributed by atoms with Crippen molar-refractivity contribution in [2.45, 2.75) is 69.9 Å². The van der Waals surface area contributed by atoms with Gasteiger partial charge in [-0.3, -0.25) is 4.79 Å². The molecule has 0 N–H and O–H groups in total. The summed E-state index contributed by atoms with van der Waals surface area (Å²) < 4.78 is 0. The van der Waals surface area contributed by atoms with Crippen LogP contribution in [0.15, 0.2) is 0 Å². The van der Waals surface area contributed by atoms with Crippen LogP contribution in [0.2, 0.25) is 0 Å². The largest absolute Gasteiger partial charge is 0.336 e. The molecule has 0 saturated heterocycles. The highest BCUT2D eigenvalue weighted by Crippen LogP contribution is 2.39. The van der Waals surface area contributed by atoms with E-state index in [1.807, 2.05) is 0 Å². The van der Waals surface area contributed by atoms with Gasteiger partial charge in [0.2, 0.25) is 5.91 Å². The lowest BCUT2D eigenvalue weighted by atomic mass is 9.93. The summed E-state index contributed by atoms with van der Waals surface area (Å²) in [6.07, 6.45) is 11.5. The molecule has 0 atom stereocenters. The van der Waals surface area contributed by atoms with Crippen molar-refractivity contribution in [3.8, 4) is 0 Å². The van der Waals surface area contributed by atoms with E-state index in [-0.39, 0.29) is 0 Å². The SMILES string of the molecule is O=C(C1CC1)N(C1CCCCC1)C1CC1. The predicted molar refractivity (Wildman–Crippen MR) is 59.5 cm³/mol. The van der Waals surface area contributed by atoms with Crippen molar-refractivity contribution in [3.63, 3.8) is 0 Å². The molecule has 0 aliphatic heterocycles. The van der Waals surface area contributed by atoms with E-state index < -0.39 is 0 Å². The van der Waals surface area contributed by atoms with Crippen molar-refractivity contribution in [1.29, 1.82) is 0 Å². The monoisotopic (exact) mass is 207 g/mol. The van der Waals surface area contributed by atoms with Gasteiger partial charge < -0.3 is 4.90 Å². The molecule has 3 fully saturated rings. The highest BCUT2D eigenvalue weighted by atomic mass is 16.2. The Labute approximate surface area is 92.0 Å². The maximum absolute atomic E-state index is 12.2. The molecule has 0 unspecified atom stereocenters. The minimum Gasteiger partial charge on any atom is -0.336 e. The molecule has 0 aromatic heterocycles. The topological polar surface area (TPSA) is 20.3 Å². The molecule has 0 aromatic carbocycles. The lowest BCUT2D eigenvalue weighted by Gasteiger charge is -2.34. The fourth-order valence-electron chi connectivity index (χ4n) is 2.91. The summed E-state index contributed by atoms with van der Waals surface area (Å²) in [6.45, 7) is 0. The smallest absolute Gasteiger partial charge is 0.226 e. The van der Waals surface area contributed by atoms with Gasteiger partial charge >= 0.3 is 0 Å². The van der Waals surface area contributed by atoms with Crippen LogP contribution in [0.25, 0.3) is 0 Å². The lowest BCUT2D eigenvalue weighted by Crippen LogP contribution is -2.43. The average molecular weight is 207 g/mol. The standard InChI is InChI=1S/C13H21NO/c15-13(10-6-7-10)14(12-8-9-12)11-4-2-1-3-5-11/h10-12H,1-9H2. The van der Waals surface area contributed by atoms with E-state index in [0.717, 1.165) is 12.8 Å². The van der Waals surface area contributed by atoms with Gasteiger partial charge in [0.1, 0.15) is 0 Å². The number of rotatable bonds is 3. The van der Waals surface area contributed by atoms with E-state index in [9.17, 15) is 4.79 Å². The summed E-state index contributed by atoms with van der Waals surface area (Å²) in [5, 5.41) is 0. The molecular formula is C13H21NO. The predicted octanol–water partition coefficient (Wildman–Crippen LogP) is 2.72. The van der Waals surface area contributed by atoms with Gasteiger partial charge in [0, 0.05) is 18.0 Å². The molecule has 84 valence electrons. The summed E-state index contributed by atoms with van der Waals surface area (Å²) in [5.41, 5.74) is 0. The molecule has 0 spiro atoms. The maximum Gasteiger partial charge on any atom is 0.226 e. The van der Waals surface area contributed by atoms with E-state index in [4.69, 9.17) is 0 Å². The van der Waals surface area contributed by atoms with Crippen molar-refractivity contribution in [3.05, 3.63) is 0 Å². The molecule has 1 amide bonds. The molecule has 3 saturated carbocycles. The first-order valence-electron chi connectivity index (χ1n) is 6.68. The third-order valence-electron chi connectivity index (χ3n) is 4.09. The number of carbonyl (C=O) groups is 1. The third-order valence-corrected chi connectivity index (χ3v) is 4.09. The van der Waals surface area contributed by atoms with Gasteiger partial charge in [-0.15, -0.1) is 0 Å². The van der Waals surface area contributed by atoms with Crippen LogP contribution in [0.5, 0.6) is 0 Å². The fraction of sp³-hybridized carbons (Fsp3) is 0.923. The van der Waals surface area contributed by atoms with Crippen LogP contribution < -0.4 is 0 Å². The second-order valence-corrected chi connectivity index (χ2v) is 5.54. The minimum atomic E-state index is 0.424. The molecular weight excluding hydrogens is 186 g/mol. The number of carbonyl (C=O) groups excluding carboxylic acids is 1. The van der Waals surface area contributed by atoms with Gasteiger partial charge in [0.15, 0.2) is 0 Å². The van der Waals surface area contributed by atoms with Gasteiger partial charge in [-0.25, -0.2) is 0 Å². The summed E-state index contributed by atoms with van der Waals surface area (Å²) >= 11 is 0. The summed E-state index contributed by atoms with van der Waals surface area (Å²) in [6, 6.07) is 1.25. The fourth-order valence-corrected chi connectivity index (χ4v) is 2.91. The second kappa shape index (κ2) is 3.80. The zero-order valence-electron chi connectivity index (χ0n) is 9.45. The van der Waals surface area contributed by atoms with Crippen LogP contribution in [0.1, 0.15) is 57.8 Å². The minimum absolute atomic E-state index is 0.424. The highest BCUT2D eigenvalue weighted by molar-refractivity contribution is 5.82. The Morgan fingerprint density at radius 2 is 1.40 bits per heavy atom. The van der Waals surface area contributed by atoms with Gasteiger partial charge in [0.05, 0.1) is 0 Å². The lowest BCUT2D eigenvalue weighted by molar-refractivity contribution is -0.136. The van der Waals surface area contributed by atoms with Crippen molar-refractivity contribution >= 4 is 5.91 Å². The zero-order chi connectivity index (χ0) is 10.3. The molecule has 3 rings (SSSR count). The van der Waals surface area contributed by atoms with Gasteiger partial charge in [-0.2, -0.15) is 0 Å². The van der Waals surface area contributed by atoms with Crippen LogP contribution in [0, 0.1) is 5.92 Å². The number of hydrogen-bond donors (Lipinski definition) is 0. The molecule has 3 aliphatic rings. The van der Waals surface area contributed by atoms with Crippen LogP contribution in [0.3, 0.4) is 0 Å². The van der Waals surface area contributed by atoms with E-state index in [1.54, 1.807) is 0 Å². The summed E-state index contributed by atoms with van der Waals surface area (Å²) in [5.74, 6) is 0.928. The Bertz CT molecular complexity index is 249. The van der Waals surface area contributed by atoms with Gasteiger partial charge in [-0.05, 0) is 38.5 Å². The number of hydrogen-bond acceptors (Lipinski definition) is 1. The third kappa shape index (κ3) is 2.04. The van der Waals surface area contributed by atoms with Crippen LogP contribution >= 0.6 is 0 Å². The Morgan fingerprint density at radius 3 is 1.93 bits per heavy atom. The van der Waals surface area contributed by atoms with Gasteiger partial charge in [-0.1, -0.05) is 19.3 Å². The number of nitrogens with zero attached hydrogens (tertiary/aromatic N) is 1. The summed E-state index contributed by atoms with van der Waals surface area (Å²) in [4.78, 5) is 14.5. The first kappa shape index (κ1) is 9.68.